The first kappa shape index (κ1) is 13.4. The molecule has 0 spiro atoms. The molecule has 0 saturated carbocycles. The lowest BCUT2D eigenvalue weighted by Gasteiger charge is -2.13. The molecule has 100 valence electrons. The number of rotatable bonds is 6. The summed E-state index contributed by atoms with van der Waals surface area (Å²) < 4.78 is 10.7. The molecule has 1 saturated heterocycles. The third-order valence-corrected chi connectivity index (χ3v) is 3.51. The van der Waals surface area contributed by atoms with Crippen LogP contribution in [0.1, 0.15) is 43.8 Å². The van der Waals surface area contributed by atoms with Gasteiger partial charge in [0.1, 0.15) is 5.75 Å². The van der Waals surface area contributed by atoms with Crippen molar-refractivity contribution in [1.29, 1.82) is 0 Å². The number of ether oxygens (including phenoxy) is 2. The van der Waals surface area contributed by atoms with Gasteiger partial charge in [0.25, 0.3) is 0 Å². The molecule has 18 heavy (non-hydrogen) atoms. The van der Waals surface area contributed by atoms with Crippen molar-refractivity contribution in [2.45, 2.75) is 44.3 Å². The van der Waals surface area contributed by atoms with Gasteiger partial charge in [-0.3, -0.25) is 0 Å². The zero-order chi connectivity index (χ0) is 12.8. The van der Waals surface area contributed by atoms with Crippen molar-refractivity contribution in [3.63, 3.8) is 0 Å². The van der Waals surface area contributed by atoms with Gasteiger partial charge >= 0.3 is 0 Å². The Bertz CT molecular complexity index is 359. The third-order valence-electron chi connectivity index (χ3n) is 3.51. The van der Waals surface area contributed by atoms with Crippen LogP contribution in [0.3, 0.4) is 0 Å². The number of benzene rings is 1. The van der Waals surface area contributed by atoms with E-state index in [0.29, 0.717) is 6.10 Å². The molecule has 1 heterocycles. The van der Waals surface area contributed by atoms with E-state index < -0.39 is 6.10 Å². The minimum absolute atomic E-state index is 0.401. The Morgan fingerprint density at radius 3 is 3.11 bits per heavy atom. The predicted molar refractivity (Wildman–Crippen MR) is 70.8 cm³/mol. The van der Waals surface area contributed by atoms with Crippen molar-refractivity contribution >= 4 is 0 Å². The highest BCUT2D eigenvalue weighted by molar-refractivity contribution is 5.29. The summed E-state index contributed by atoms with van der Waals surface area (Å²) >= 11 is 0. The molecule has 1 aromatic carbocycles. The van der Waals surface area contributed by atoms with Crippen LogP contribution < -0.4 is 4.74 Å². The second kappa shape index (κ2) is 6.76. The molecule has 1 aliphatic rings. The molecular weight excluding hydrogens is 228 g/mol. The van der Waals surface area contributed by atoms with Crippen LogP contribution in [0, 0.1) is 0 Å². The van der Waals surface area contributed by atoms with E-state index >= 15 is 0 Å². The lowest BCUT2D eigenvalue weighted by atomic mass is 10.0. The van der Waals surface area contributed by atoms with Gasteiger partial charge in [-0.2, -0.15) is 0 Å². The van der Waals surface area contributed by atoms with Crippen LogP contribution in [0.25, 0.3) is 0 Å². The second-order valence-electron chi connectivity index (χ2n) is 4.86. The van der Waals surface area contributed by atoms with Crippen LogP contribution in [-0.4, -0.2) is 24.9 Å². The van der Waals surface area contributed by atoms with E-state index in [1.807, 2.05) is 24.3 Å². The topological polar surface area (TPSA) is 38.7 Å². The molecule has 1 N–H and O–H groups in total. The van der Waals surface area contributed by atoms with Gasteiger partial charge in [-0.1, -0.05) is 12.1 Å². The zero-order valence-corrected chi connectivity index (χ0v) is 11.0. The monoisotopic (exact) mass is 250 g/mol. The molecule has 2 unspecified atom stereocenters. The Morgan fingerprint density at radius 1 is 1.50 bits per heavy atom. The minimum Gasteiger partial charge on any atom is -0.497 e. The maximum atomic E-state index is 10.1. The Morgan fingerprint density at radius 2 is 2.39 bits per heavy atom. The van der Waals surface area contributed by atoms with E-state index in [4.69, 9.17) is 9.47 Å². The van der Waals surface area contributed by atoms with Crippen molar-refractivity contribution < 1.29 is 14.6 Å². The summed E-state index contributed by atoms with van der Waals surface area (Å²) in [6, 6.07) is 7.65. The molecule has 3 heteroatoms. The molecule has 0 amide bonds. The average Bonchev–Trinajstić information content (AvgIpc) is 2.92. The maximum absolute atomic E-state index is 10.1. The summed E-state index contributed by atoms with van der Waals surface area (Å²) in [6.07, 6.45) is 5.22. The van der Waals surface area contributed by atoms with Gasteiger partial charge in [0, 0.05) is 6.61 Å². The van der Waals surface area contributed by atoms with Crippen molar-refractivity contribution in [3.8, 4) is 5.75 Å². The molecule has 0 aromatic heterocycles. The summed E-state index contributed by atoms with van der Waals surface area (Å²) in [6.45, 7) is 0.906. The third kappa shape index (κ3) is 3.72. The lowest BCUT2D eigenvalue weighted by molar-refractivity contribution is 0.0944. The highest BCUT2D eigenvalue weighted by Gasteiger charge is 2.16. The van der Waals surface area contributed by atoms with Gasteiger partial charge < -0.3 is 14.6 Å². The quantitative estimate of drug-likeness (QED) is 0.843. The number of aliphatic hydroxyl groups excluding tert-OH is 1. The molecule has 1 fully saturated rings. The molecule has 0 aliphatic carbocycles. The first-order valence-corrected chi connectivity index (χ1v) is 6.73. The molecule has 2 atom stereocenters. The minimum atomic E-state index is -0.401. The smallest absolute Gasteiger partial charge is 0.119 e. The summed E-state index contributed by atoms with van der Waals surface area (Å²) in [5.74, 6) is 0.797. The van der Waals surface area contributed by atoms with Crippen LogP contribution in [0.2, 0.25) is 0 Å². The van der Waals surface area contributed by atoms with Gasteiger partial charge in [-0.25, -0.2) is 0 Å². The Balaban J connectivity index is 1.77. The van der Waals surface area contributed by atoms with Gasteiger partial charge in [0.05, 0.1) is 19.3 Å². The predicted octanol–water partition coefficient (Wildman–Crippen LogP) is 3.08. The van der Waals surface area contributed by atoms with Crippen LogP contribution in [-0.2, 0) is 4.74 Å². The van der Waals surface area contributed by atoms with Crippen LogP contribution in [0.15, 0.2) is 24.3 Å². The summed E-state index contributed by atoms with van der Waals surface area (Å²) in [4.78, 5) is 0. The summed E-state index contributed by atoms with van der Waals surface area (Å²) in [7, 11) is 1.64. The van der Waals surface area contributed by atoms with Gasteiger partial charge in [-0.15, -0.1) is 0 Å². The van der Waals surface area contributed by atoms with Crippen molar-refractivity contribution in [2.75, 3.05) is 13.7 Å². The van der Waals surface area contributed by atoms with E-state index in [-0.39, 0.29) is 0 Å². The fourth-order valence-corrected chi connectivity index (χ4v) is 2.43. The number of aliphatic hydroxyl groups is 1. The SMILES string of the molecule is COc1cccc(C(O)CCCC2CCCO2)c1. The number of hydrogen-bond donors (Lipinski definition) is 1. The maximum Gasteiger partial charge on any atom is 0.119 e. The number of hydrogen-bond acceptors (Lipinski definition) is 3. The Labute approximate surface area is 109 Å². The molecule has 2 rings (SSSR count). The molecular formula is C15H22O3. The summed E-state index contributed by atoms with van der Waals surface area (Å²) in [5, 5.41) is 10.1. The van der Waals surface area contributed by atoms with Gasteiger partial charge in [0.15, 0.2) is 0 Å². The first-order valence-electron chi connectivity index (χ1n) is 6.73. The normalized spacial score (nSPS) is 20.9. The first-order chi connectivity index (χ1) is 8.79. The largest absolute Gasteiger partial charge is 0.497 e. The fraction of sp³-hybridized carbons (Fsp3) is 0.600. The van der Waals surface area contributed by atoms with Crippen LogP contribution >= 0.6 is 0 Å². The Kier molecular flexibility index (Phi) is 5.02. The number of methoxy groups -OCH3 is 1. The fourth-order valence-electron chi connectivity index (χ4n) is 2.43. The van der Waals surface area contributed by atoms with Crippen molar-refractivity contribution in [2.24, 2.45) is 0 Å². The van der Waals surface area contributed by atoms with Gasteiger partial charge in [-0.05, 0) is 49.8 Å². The van der Waals surface area contributed by atoms with E-state index in [2.05, 4.69) is 0 Å². The van der Waals surface area contributed by atoms with Crippen molar-refractivity contribution in [1.82, 2.24) is 0 Å². The summed E-state index contributed by atoms with van der Waals surface area (Å²) in [5.41, 5.74) is 0.932. The Hall–Kier alpha value is -1.06. The zero-order valence-electron chi connectivity index (χ0n) is 11.0. The highest BCUT2D eigenvalue weighted by Crippen LogP contribution is 2.25. The molecule has 1 aliphatic heterocycles. The van der Waals surface area contributed by atoms with Crippen molar-refractivity contribution in [3.05, 3.63) is 29.8 Å². The molecule has 3 nitrogen and oxygen atoms in total. The molecule has 0 radical (unpaired) electrons. The van der Waals surface area contributed by atoms with Crippen LogP contribution in [0.5, 0.6) is 5.75 Å². The van der Waals surface area contributed by atoms with Crippen LogP contribution in [0.4, 0.5) is 0 Å². The lowest BCUT2D eigenvalue weighted by Crippen LogP contribution is -2.06. The van der Waals surface area contributed by atoms with E-state index in [9.17, 15) is 5.11 Å². The molecule has 1 aromatic rings. The van der Waals surface area contributed by atoms with Gasteiger partial charge in [0.2, 0.25) is 0 Å². The standard InChI is InChI=1S/C15H22O3/c1-17-14-7-2-5-12(11-14)15(16)9-3-6-13-8-4-10-18-13/h2,5,7,11,13,15-16H,3-4,6,8-10H2,1H3. The van der Waals surface area contributed by atoms with E-state index in [0.717, 1.165) is 37.2 Å². The average molecular weight is 250 g/mol. The van der Waals surface area contributed by atoms with E-state index in [1.54, 1.807) is 7.11 Å². The van der Waals surface area contributed by atoms with E-state index in [1.165, 1.54) is 12.8 Å². The second-order valence-corrected chi connectivity index (χ2v) is 4.86. The highest BCUT2D eigenvalue weighted by atomic mass is 16.5. The molecule has 0 bridgehead atoms.